The van der Waals surface area contributed by atoms with Gasteiger partial charge in [-0.1, -0.05) is 18.2 Å². The van der Waals surface area contributed by atoms with E-state index in [1.807, 2.05) is 32.0 Å². The number of carbonyl (C=O) groups excluding carboxylic acids is 3. The molecule has 0 fully saturated rings. The maximum Gasteiger partial charge on any atom is 0.341 e. The summed E-state index contributed by atoms with van der Waals surface area (Å²) in [5.74, 6) is -1.20. The van der Waals surface area contributed by atoms with E-state index >= 15 is 0 Å². The number of benzene rings is 1. The fraction of sp³-hybridized carbons (Fsp3) is 0.381. The van der Waals surface area contributed by atoms with E-state index in [1.165, 1.54) is 18.3 Å². The number of thiophene rings is 1. The first kappa shape index (κ1) is 20.1. The van der Waals surface area contributed by atoms with Crippen molar-refractivity contribution in [2.45, 2.75) is 46.5 Å². The fourth-order valence-corrected chi connectivity index (χ4v) is 4.74. The molecule has 0 unspecified atom stereocenters. The number of anilines is 2. The summed E-state index contributed by atoms with van der Waals surface area (Å²) in [6.45, 7) is 4.85. The Morgan fingerprint density at radius 2 is 1.75 bits per heavy atom. The molecule has 0 saturated heterocycles. The van der Waals surface area contributed by atoms with Gasteiger partial charge in [-0.25, -0.2) is 4.79 Å². The molecule has 1 aliphatic carbocycles. The Morgan fingerprint density at radius 3 is 2.43 bits per heavy atom. The summed E-state index contributed by atoms with van der Waals surface area (Å²) in [5.41, 5.74) is 3.96. The Labute approximate surface area is 168 Å². The van der Waals surface area contributed by atoms with Crippen molar-refractivity contribution in [2.75, 3.05) is 17.2 Å². The van der Waals surface area contributed by atoms with E-state index in [-0.39, 0.29) is 12.5 Å². The number of hydrogen-bond donors (Lipinski definition) is 2. The molecule has 2 N–H and O–H groups in total. The third-order valence-corrected chi connectivity index (χ3v) is 5.95. The summed E-state index contributed by atoms with van der Waals surface area (Å²) in [7, 11) is 0. The molecule has 2 amide bonds. The molecule has 148 valence electrons. The average molecular weight is 401 g/mol. The molecule has 1 aromatic heterocycles. The van der Waals surface area contributed by atoms with Crippen molar-refractivity contribution < 1.29 is 19.1 Å². The number of para-hydroxylation sites is 1. The molecule has 0 bridgehead atoms. The van der Waals surface area contributed by atoms with E-state index in [0.717, 1.165) is 52.9 Å². The van der Waals surface area contributed by atoms with E-state index in [9.17, 15) is 14.4 Å². The number of carbonyl (C=O) groups is 3. The van der Waals surface area contributed by atoms with Crippen LogP contribution < -0.4 is 10.6 Å². The lowest BCUT2D eigenvalue weighted by Crippen LogP contribution is -2.23. The topological polar surface area (TPSA) is 84.5 Å². The minimum absolute atomic E-state index is 0.236. The maximum atomic E-state index is 12.7. The lowest BCUT2D eigenvalue weighted by atomic mass is 9.95. The minimum Gasteiger partial charge on any atom is -0.452 e. The summed E-state index contributed by atoms with van der Waals surface area (Å²) >= 11 is 1.43. The van der Waals surface area contributed by atoms with Crippen molar-refractivity contribution in [2.24, 2.45) is 0 Å². The molecule has 28 heavy (non-hydrogen) atoms. The summed E-state index contributed by atoms with van der Waals surface area (Å²) in [6, 6.07) is 5.74. The molecule has 1 aromatic carbocycles. The Kier molecular flexibility index (Phi) is 6.14. The van der Waals surface area contributed by atoms with Crippen molar-refractivity contribution in [3.63, 3.8) is 0 Å². The predicted molar refractivity (Wildman–Crippen MR) is 110 cm³/mol. The SMILES string of the molecule is CC(=O)Nc1sc2c(c1C(=O)OCC(=O)Nc1c(C)cccc1C)CCCC2. The number of rotatable bonds is 5. The summed E-state index contributed by atoms with van der Waals surface area (Å²) in [5, 5.41) is 6.05. The van der Waals surface area contributed by atoms with Crippen LogP contribution in [0.4, 0.5) is 10.7 Å². The van der Waals surface area contributed by atoms with Gasteiger partial charge in [0.1, 0.15) is 5.00 Å². The van der Waals surface area contributed by atoms with Crippen LogP contribution in [0.3, 0.4) is 0 Å². The number of aryl methyl sites for hydroxylation is 3. The van der Waals surface area contributed by atoms with E-state index in [0.29, 0.717) is 10.6 Å². The third kappa shape index (κ3) is 4.42. The zero-order valence-electron chi connectivity index (χ0n) is 16.3. The molecule has 6 nitrogen and oxygen atoms in total. The molecule has 1 aliphatic rings. The molecule has 3 rings (SSSR count). The minimum atomic E-state index is -0.570. The molecule has 0 spiro atoms. The van der Waals surface area contributed by atoms with Crippen LogP contribution >= 0.6 is 11.3 Å². The van der Waals surface area contributed by atoms with E-state index in [1.54, 1.807) is 0 Å². The molecule has 1 heterocycles. The highest BCUT2D eigenvalue weighted by molar-refractivity contribution is 7.17. The van der Waals surface area contributed by atoms with Gasteiger partial charge >= 0.3 is 5.97 Å². The van der Waals surface area contributed by atoms with E-state index in [4.69, 9.17) is 4.74 Å². The fourth-order valence-electron chi connectivity index (χ4n) is 3.42. The second kappa shape index (κ2) is 8.56. The highest BCUT2D eigenvalue weighted by atomic mass is 32.1. The first-order chi connectivity index (χ1) is 13.4. The summed E-state index contributed by atoms with van der Waals surface area (Å²) in [6.07, 6.45) is 3.74. The normalized spacial score (nSPS) is 12.8. The van der Waals surface area contributed by atoms with Gasteiger partial charge in [-0.15, -0.1) is 11.3 Å². The van der Waals surface area contributed by atoms with E-state index in [2.05, 4.69) is 10.6 Å². The van der Waals surface area contributed by atoms with Gasteiger partial charge in [-0.05, 0) is 56.2 Å². The molecule has 0 saturated carbocycles. The average Bonchev–Trinajstić information content (AvgIpc) is 3.00. The highest BCUT2D eigenvalue weighted by Gasteiger charge is 2.27. The lowest BCUT2D eigenvalue weighted by molar-refractivity contribution is -0.119. The van der Waals surface area contributed by atoms with Gasteiger partial charge in [0.25, 0.3) is 5.91 Å². The Balaban J connectivity index is 1.72. The monoisotopic (exact) mass is 400 g/mol. The second-order valence-electron chi connectivity index (χ2n) is 6.99. The zero-order chi connectivity index (χ0) is 20.3. The molecule has 2 aromatic rings. The van der Waals surface area contributed by atoms with Crippen LogP contribution in [0.5, 0.6) is 0 Å². The van der Waals surface area contributed by atoms with Crippen molar-refractivity contribution >= 4 is 39.8 Å². The third-order valence-electron chi connectivity index (χ3n) is 4.74. The van der Waals surface area contributed by atoms with Crippen LogP contribution in [0.15, 0.2) is 18.2 Å². The number of amides is 2. The maximum absolute atomic E-state index is 12.7. The standard InChI is InChI=1S/C21H24N2O4S/c1-12-7-6-8-13(2)19(12)23-17(25)11-27-21(26)18-15-9-4-5-10-16(15)28-20(18)22-14(3)24/h6-8H,4-5,9-11H2,1-3H3,(H,22,24)(H,23,25). The Morgan fingerprint density at radius 1 is 1.07 bits per heavy atom. The van der Waals surface area contributed by atoms with Crippen molar-refractivity contribution in [1.82, 2.24) is 0 Å². The molecule has 7 heteroatoms. The Bertz CT molecular complexity index is 912. The van der Waals surface area contributed by atoms with Crippen molar-refractivity contribution in [1.29, 1.82) is 0 Å². The van der Waals surface area contributed by atoms with Gasteiger partial charge in [-0.2, -0.15) is 0 Å². The smallest absolute Gasteiger partial charge is 0.341 e. The van der Waals surface area contributed by atoms with Gasteiger partial charge < -0.3 is 15.4 Å². The van der Waals surface area contributed by atoms with Crippen LogP contribution in [-0.4, -0.2) is 24.4 Å². The van der Waals surface area contributed by atoms with Crippen molar-refractivity contribution in [3.05, 3.63) is 45.3 Å². The molecule has 0 atom stereocenters. The second-order valence-corrected chi connectivity index (χ2v) is 8.09. The highest BCUT2D eigenvalue weighted by Crippen LogP contribution is 2.38. The quantitative estimate of drug-likeness (QED) is 0.743. The van der Waals surface area contributed by atoms with Gasteiger partial charge in [0.2, 0.25) is 5.91 Å². The zero-order valence-corrected chi connectivity index (χ0v) is 17.1. The van der Waals surface area contributed by atoms with Gasteiger partial charge in [0.05, 0.1) is 5.56 Å². The summed E-state index contributed by atoms with van der Waals surface area (Å²) in [4.78, 5) is 37.6. The largest absolute Gasteiger partial charge is 0.452 e. The Hall–Kier alpha value is -2.67. The number of fused-ring (bicyclic) bond motifs is 1. The number of hydrogen-bond acceptors (Lipinski definition) is 5. The van der Waals surface area contributed by atoms with Crippen LogP contribution in [0.25, 0.3) is 0 Å². The molecular formula is C21H24N2O4S. The van der Waals surface area contributed by atoms with Gasteiger partial charge in [-0.3, -0.25) is 9.59 Å². The van der Waals surface area contributed by atoms with Crippen LogP contribution in [0, 0.1) is 13.8 Å². The predicted octanol–water partition coefficient (Wildman–Crippen LogP) is 4.00. The molecular weight excluding hydrogens is 376 g/mol. The lowest BCUT2D eigenvalue weighted by Gasteiger charge is -2.14. The van der Waals surface area contributed by atoms with Crippen molar-refractivity contribution in [3.8, 4) is 0 Å². The first-order valence-electron chi connectivity index (χ1n) is 9.32. The molecule has 0 radical (unpaired) electrons. The number of esters is 1. The van der Waals surface area contributed by atoms with Gasteiger partial charge in [0.15, 0.2) is 6.61 Å². The number of ether oxygens (including phenoxy) is 1. The van der Waals surface area contributed by atoms with Gasteiger partial charge in [0, 0.05) is 17.5 Å². The van der Waals surface area contributed by atoms with Crippen LogP contribution in [0.2, 0.25) is 0 Å². The summed E-state index contributed by atoms with van der Waals surface area (Å²) < 4.78 is 5.29. The molecule has 0 aliphatic heterocycles. The number of nitrogens with one attached hydrogen (secondary N) is 2. The van der Waals surface area contributed by atoms with Crippen LogP contribution in [-0.2, 0) is 27.2 Å². The first-order valence-corrected chi connectivity index (χ1v) is 10.1. The van der Waals surface area contributed by atoms with Crippen LogP contribution in [0.1, 0.15) is 51.7 Å². The van der Waals surface area contributed by atoms with E-state index < -0.39 is 11.9 Å².